The SMILES string of the molecule is Cc1cc(OCC(N)=O)cc(C)c1-c1ccc(F)c2c1CCC2. The van der Waals surface area contributed by atoms with Crippen LogP contribution in [0.5, 0.6) is 5.75 Å². The maximum Gasteiger partial charge on any atom is 0.255 e. The Morgan fingerprint density at radius 3 is 2.48 bits per heavy atom. The number of carbonyl (C=O) groups is 1. The van der Waals surface area contributed by atoms with Gasteiger partial charge < -0.3 is 10.5 Å². The van der Waals surface area contributed by atoms with Gasteiger partial charge in [0.1, 0.15) is 11.6 Å². The van der Waals surface area contributed by atoms with Crippen molar-refractivity contribution >= 4 is 5.91 Å². The van der Waals surface area contributed by atoms with Crippen molar-refractivity contribution in [1.29, 1.82) is 0 Å². The number of primary amides is 1. The molecule has 0 bridgehead atoms. The van der Waals surface area contributed by atoms with Crippen LogP contribution in [0.1, 0.15) is 28.7 Å². The van der Waals surface area contributed by atoms with Crippen molar-refractivity contribution in [3.63, 3.8) is 0 Å². The van der Waals surface area contributed by atoms with Crippen molar-refractivity contribution in [2.24, 2.45) is 5.73 Å². The summed E-state index contributed by atoms with van der Waals surface area (Å²) in [4.78, 5) is 10.9. The molecule has 3 rings (SSSR count). The summed E-state index contributed by atoms with van der Waals surface area (Å²) in [7, 11) is 0. The molecular formula is C19H20FNO2. The maximum atomic E-state index is 14.0. The van der Waals surface area contributed by atoms with Crippen LogP contribution < -0.4 is 10.5 Å². The van der Waals surface area contributed by atoms with Gasteiger partial charge in [-0.3, -0.25) is 4.79 Å². The van der Waals surface area contributed by atoms with E-state index < -0.39 is 5.91 Å². The summed E-state index contributed by atoms with van der Waals surface area (Å²) in [6, 6.07) is 7.24. The van der Waals surface area contributed by atoms with Crippen LogP contribution in [0.2, 0.25) is 0 Å². The maximum absolute atomic E-state index is 14.0. The lowest BCUT2D eigenvalue weighted by Gasteiger charge is -2.16. The third-order valence-electron chi connectivity index (χ3n) is 4.38. The van der Waals surface area contributed by atoms with Gasteiger partial charge in [-0.1, -0.05) is 6.07 Å². The van der Waals surface area contributed by atoms with Gasteiger partial charge in [0, 0.05) is 0 Å². The Morgan fingerprint density at radius 1 is 1.17 bits per heavy atom. The van der Waals surface area contributed by atoms with Gasteiger partial charge in [0.15, 0.2) is 6.61 Å². The molecule has 2 aromatic carbocycles. The Labute approximate surface area is 135 Å². The second-order valence-corrected chi connectivity index (χ2v) is 6.09. The normalized spacial score (nSPS) is 13.0. The van der Waals surface area contributed by atoms with Gasteiger partial charge in [0.05, 0.1) is 0 Å². The highest BCUT2D eigenvalue weighted by atomic mass is 19.1. The second kappa shape index (κ2) is 6.03. The number of aryl methyl sites for hydroxylation is 2. The largest absolute Gasteiger partial charge is 0.484 e. The van der Waals surface area contributed by atoms with E-state index in [1.807, 2.05) is 32.0 Å². The predicted molar refractivity (Wildman–Crippen MR) is 88.0 cm³/mol. The molecule has 0 unspecified atom stereocenters. The number of rotatable bonds is 4. The summed E-state index contributed by atoms with van der Waals surface area (Å²) in [6.07, 6.45) is 2.73. The Kier molecular flexibility index (Phi) is 4.07. The Bertz CT molecular complexity index is 760. The number of halogens is 1. The topological polar surface area (TPSA) is 52.3 Å². The molecule has 0 atom stereocenters. The minimum absolute atomic E-state index is 0.0991. The standard InChI is InChI=1S/C19H20FNO2/c1-11-8-13(23-10-18(21)22)9-12(2)19(11)16-6-7-17(20)15-5-3-4-14(15)16/h6-9H,3-5,10H2,1-2H3,(H2,21,22). The molecule has 0 aliphatic heterocycles. The molecule has 0 spiro atoms. The molecule has 0 heterocycles. The van der Waals surface area contributed by atoms with Crippen LogP contribution in [-0.2, 0) is 17.6 Å². The molecule has 0 saturated heterocycles. The highest BCUT2D eigenvalue weighted by Crippen LogP contribution is 2.38. The van der Waals surface area contributed by atoms with Crippen molar-refractivity contribution in [2.45, 2.75) is 33.1 Å². The second-order valence-electron chi connectivity index (χ2n) is 6.09. The van der Waals surface area contributed by atoms with Gasteiger partial charge in [-0.15, -0.1) is 0 Å². The van der Waals surface area contributed by atoms with Crippen molar-refractivity contribution in [3.8, 4) is 16.9 Å². The first-order valence-electron chi connectivity index (χ1n) is 7.80. The van der Waals surface area contributed by atoms with Crippen LogP contribution in [0.4, 0.5) is 4.39 Å². The fourth-order valence-corrected chi connectivity index (χ4v) is 3.48. The van der Waals surface area contributed by atoms with Crippen LogP contribution in [0.15, 0.2) is 24.3 Å². The van der Waals surface area contributed by atoms with E-state index in [1.165, 1.54) is 0 Å². The number of ether oxygens (including phenoxy) is 1. The number of amides is 1. The molecule has 0 aromatic heterocycles. The zero-order chi connectivity index (χ0) is 16.6. The van der Waals surface area contributed by atoms with Gasteiger partial charge >= 0.3 is 0 Å². The van der Waals surface area contributed by atoms with Crippen LogP contribution in [0.3, 0.4) is 0 Å². The average molecular weight is 313 g/mol. The molecule has 0 saturated carbocycles. The van der Waals surface area contributed by atoms with E-state index in [9.17, 15) is 9.18 Å². The van der Waals surface area contributed by atoms with Gasteiger partial charge in [-0.25, -0.2) is 4.39 Å². The molecule has 23 heavy (non-hydrogen) atoms. The first-order chi connectivity index (χ1) is 11.0. The number of hydrogen-bond donors (Lipinski definition) is 1. The monoisotopic (exact) mass is 313 g/mol. The zero-order valence-corrected chi connectivity index (χ0v) is 13.4. The van der Waals surface area contributed by atoms with Gasteiger partial charge in [-0.2, -0.15) is 0 Å². The number of hydrogen-bond acceptors (Lipinski definition) is 2. The molecule has 1 aliphatic carbocycles. The van der Waals surface area contributed by atoms with Crippen LogP contribution in [-0.4, -0.2) is 12.5 Å². The van der Waals surface area contributed by atoms with E-state index in [-0.39, 0.29) is 12.4 Å². The van der Waals surface area contributed by atoms with Crippen molar-refractivity contribution < 1.29 is 13.9 Å². The molecule has 2 aromatic rings. The summed E-state index contributed by atoms with van der Waals surface area (Å²) < 4.78 is 19.4. The van der Waals surface area contributed by atoms with Crippen molar-refractivity contribution in [3.05, 3.63) is 52.3 Å². The number of carbonyl (C=O) groups excluding carboxylic acids is 1. The summed E-state index contributed by atoms with van der Waals surface area (Å²) in [5, 5.41) is 0. The lowest BCUT2D eigenvalue weighted by atomic mass is 9.90. The molecule has 1 aliphatic rings. The minimum atomic E-state index is -0.499. The molecule has 120 valence electrons. The van der Waals surface area contributed by atoms with Crippen molar-refractivity contribution in [1.82, 2.24) is 0 Å². The fourth-order valence-electron chi connectivity index (χ4n) is 3.48. The summed E-state index contributed by atoms with van der Waals surface area (Å²) in [6.45, 7) is 3.87. The minimum Gasteiger partial charge on any atom is -0.484 e. The summed E-state index contributed by atoms with van der Waals surface area (Å²) in [5.74, 6) is 0.0278. The van der Waals surface area contributed by atoms with Crippen LogP contribution in [0, 0.1) is 19.7 Å². The third kappa shape index (κ3) is 2.93. The van der Waals surface area contributed by atoms with E-state index in [1.54, 1.807) is 6.07 Å². The summed E-state index contributed by atoms with van der Waals surface area (Å²) in [5.41, 5.74) is 11.4. The van der Waals surface area contributed by atoms with Crippen LogP contribution >= 0.6 is 0 Å². The van der Waals surface area contributed by atoms with E-state index >= 15 is 0 Å². The smallest absolute Gasteiger partial charge is 0.255 e. The quantitative estimate of drug-likeness (QED) is 0.940. The van der Waals surface area contributed by atoms with Crippen LogP contribution in [0.25, 0.3) is 11.1 Å². The third-order valence-corrected chi connectivity index (χ3v) is 4.38. The number of benzene rings is 2. The molecular weight excluding hydrogens is 293 g/mol. The van der Waals surface area contributed by atoms with Gasteiger partial charge in [-0.05, 0) is 84.7 Å². The Balaban J connectivity index is 2.05. The molecule has 1 amide bonds. The highest BCUT2D eigenvalue weighted by molar-refractivity contribution is 5.77. The molecule has 4 heteroatoms. The summed E-state index contributed by atoms with van der Waals surface area (Å²) >= 11 is 0. The zero-order valence-electron chi connectivity index (χ0n) is 13.4. The number of fused-ring (bicyclic) bond motifs is 1. The van der Waals surface area contributed by atoms with E-state index in [0.29, 0.717) is 5.75 Å². The highest BCUT2D eigenvalue weighted by Gasteiger charge is 2.21. The number of nitrogens with two attached hydrogens (primary N) is 1. The van der Waals surface area contributed by atoms with Gasteiger partial charge in [0.2, 0.25) is 0 Å². The molecule has 2 N–H and O–H groups in total. The fraction of sp³-hybridized carbons (Fsp3) is 0.316. The van der Waals surface area contributed by atoms with Gasteiger partial charge in [0.25, 0.3) is 5.91 Å². The van der Waals surface area contributed by atoms with E-state index in [4.69, 9.17) is 10.5 Å². The Hall–Kier alpha value is -2.36. The van der Waals surface area contributed by atoms with Crippen molar-refractivity contribution in [2.75, 3.05) is 6.61 Å². The molecule has 0 fully saturated rings. The van der Waals surface area contributed by atoms with E-state index in [2.05, 4.69) is 0 Å². The Morgan fingerprint density at radius 2 is 1.83 bits per heavy atom. The van der Waals surface area contributed by atoms with E-state index in [0.717, 1.165) is 52.6 Å². The average Bonchev–Trinajstić information content (AvgIpc) is 2.97. The predicted octanol–water partition coefficient (Wildman–Crippen LogP) is 3.46. The molecule has 0 radical (unpaired) electrons. The first-order valence-corrected chi connectivity index (χ1v) is 7.80. The first kappa shape index (κ1) is 15.5. The lowest BCUT2D eigenvalue weighted by molar-refractivity contribution is -0.119. The molecule has 3 nitrogen and oxygen atoms in total. The lowest BCUT2D eigenvalue weighted by Crippen LogP contribution is -2.20.